The predicted molar refractivity (Wildman–Crippen MR) is 79.1 cm³/mol. The van der Waals surface area contributed by atoms with Gasteiger partial charge in [-0.05, 0) is 34.9 Å². The lowest BCUT2D eigenvalue weighted by Gasteiger charge is -2.17. The van der Waals surface area contributed by atoms with Gasteiger partial charge in [0.1, 0.15) is 11.9 Å². The largest absolute Gasteiger partial charge is 0.384 e. The van der Waals surface area contributed by atoms with Crippen molar-refractivity contribution in [2.24, 2.45) is 0 Å². The number of halogens is 1. The molecule has 0 unspecified atom stereocenters. The van der Waals surface area contributed by atoms with Crippen molar-refractivity contribution < 1.29 is 9.50 Å². The normalized spacial score (nSPS) is 12.6. The molecule has 3 aromatic carbocycles. The molecule has 3 aromatic rings. The van der Waals surface area contributed by atoms with Crippen LogP contribution in [0, 0.1) is 12.7 Å². The van der Waals surface area contributed by atoms with Crippen LogP contribution in [0.15, 0.2) is 60.7 Å². The van der Waals surface area contributed by atoms with Crippen LogP contribution < -0.4 is 0 Å². The Bertz CT molecular complexity index is 764. The summed E-state index contributed by atoms with van der Waals surface area (Å²) in [6, 6.07) is 18.2. The third kappa shape index (κ3) is 2.08. The molecule has 0 aliphatic rings. The highest BCUT2D eigenvalue weighted by Gasteiger charge is 2.18. The van der Waals surface area contributed by atoms with E-state index in [1.165, 1.54) is 6.07 Å². The van der Waals surface area contributed by atoms with Crippen molar-refractivity contribution in [3.8, 4) is 0 Å². The Morgan fingerprint density at radius 1 is 0.900 bits per heavy atom. The van der Waals surface area contributed by atoms with Crippen LogP contribution in [0.5, 0.6) is 0 Å². The fraction of sp³-hybridized carbons (Fsp3) is 0.111. The molecule has 2 heteroatoms. The van der Waals surface area contributed by atoms with Gasteiger partial charge in [0, 0.05) is 5.56 Å². The van der Waals surface area contributed by atoms with Crippen molar-refractivity contribution in [1.29, 1.82) is 0 Å². The summed E-state index contributed by atoms with van der Waals surface area (Å²) in [5, 5.41) is 12.6. The number of fused-ring (bicyclic) bond motifs is 1. The summed E-state index contributed by atoms with van der Waals surface area (Å²) >= 11 is 0. The Morgan fingerprint density at radius 3 is 2.40 bits per heavy atom. The van der Waals surface area contributed by atoms with E-state index < -0.39 is 6.10 Å². The molecule has 0 amide bonds. The van der Waals surface area contributed by atoms with E-state index in [2.05, 4.69) is 0 Å². The van der Waals surface area contributed by atoms with Crippen molar-refractivity contribution >= 4 is 10.8 Å². The van der Waals surface area contributed by atoms with Crippen LogP contribution in [0.25, 0.3) is 10.8 Å². The molecule has 1 nitrogen and oxygen atoms in total. The number of aliphatic hydroxyl groups excluding tert-OH is 1. The first-order valence-corrected chi connectivity index (χ1v) is 6.59. The molecule has 0 spiro atoms. The van der Waals surface area contributed by atoms with Crippen LogP contribution in [-0.4, -0.2) is 5.11 Å². The van der Waals surface area contributed by atoms with Gasteiger partial charge in [-0.25, -0.2) is 4.39 Å². The summed E-state index contributed by atoms with van der Waals surface area (Å²) in [5.74, 6) is -0.382. The van der Waals surface area contributed by atoms with E-state index in [1.807, 2.05) is 43.3 Å². The standard InChI is InChI=1S/C18H15FO/c1-12-10-11-13-6-2-3-7-14(13)17(12)18(20)15-8-4-5-9-16(15)19/h2-11,18,20H,1H3/t18-/m1/s1. The van der Waals surface area contributed by atoms with Gasteiger partial charge < -0.3 is 5.11 Å². The van der Waals surface area contributed by atoms with Gasteiger partial charge in [0.15, 0.2) is 0 Å². The van der Waals surface area contributed by atoms with Crippen molar-refractivity contribution in [1.82, 2.24) is 0 Å². The van der Waals surface area contributed by atoms with Gasteiger partial charge in [-0.1, -0.05) is 54.6 Å². The third-order valence-corrected chi connectivity index (χ3v) is 3.66. The molecule has 0 saturated carbocycles. The Kier molecular flexibility index (Phi) is 3.25. The van der Waals surface area contributed by atoms with Gasteiger partial charge in [-0.2, -0.15) is 0 Å². The second-order valence-electron chi connectivity index (χ2n) is 4.94. The number of aliphatic hydroxyl groups is 1. The highest BCUT2D eigenvalue weighted by molar-refractivity contribution is 5.87. The second-order valence-corrected chi connectivity index (χ2v) is 4.94. The maximum absolute atomic E-state index is 13.9. The third-order valence-electron chi connectivity index (χ3n) is 3.66. The summed E-state index contributed by atoms with van der Waals surface area (Å²) in [6.07, 6.45) is -0.956. The zero-order chi connectivity index (χ0) is 14.1. The van der Waals surface area contributed by atoms with Gasteiger partial charge >= 0.3 is 0 Å². The number of benzene rings is 3. The Morgan fingerprint density at radius 2 is 1.60 bits per heavy atom. The number of aryl methyl sites for hydroxylation is 1. The molecule has 0 aromatic heterocycles. The molecule has 1 N–H and O–H groups in total. The second kappa shape index (κ2) is 5.06. The van der Waals surface area contributed by atoms with E-state index in [0.29, 0.717) is 5.56 Å². The maximum Gasteiger partial charge on any atom is 0.129 e. The molecule has 1 atom stereocenters. The van der Waals surface area contributed by atoms with Gasteiger partial charge in [0.25, 0.3) is 0 Å². The first kappa shape index (κ1) is 12.8. The smallest absolute Gasteiger partial charge is 0.129 e. The quantitative estimate of drug-likeness (QED) is 0.730. The SMILES string of the molecule is Cc1ccc2ccccc2c1[C@H](O)c1ccccc1F. The summed E-state index contributed by atoms with van der Waals surface area (Å²) in [5.41, 5.74) is 2.04. The average Bonchev–Trinajstić information content (AvgIpc) is 2.47. The summed E-state index contributed by atoms with van der Waals surface area (Å²) < 4.78 is 13.9. The van der Waals surface area contributed by atoms with Crippen LogP contribution in [-0.2, 0) is 0 Å². The lowest BCUT2D eigenvalue weighted by molar-refractivity contribution is 0.216. The number of hydrogen-bond acceptors (Lipinski definition) is 1. The number of hydrogen-bond donors (Lipinski definition) is 1. The van der Waals surface area contributed by atoms with E-state index in [1.54, 1.807) is 18.2 Å². The maximum atomic E-state index is 13.9. The van der Waals surface area contributed by atoms with Crippen LogP contribution in [0.3, 0.4) is 0 Å². The molecule has 0 radical (unpaired) electrons. The minimum Gasteiger partial charge on any atom is -0.384 e. The molecular formula is C18H15FO. The van der Waals surface area contributed by atoms with Crippen LogP contribution in [0.2, 0.25) is 0 Å². The zero-order valence-corrected chi connectivity index (χ0v) is 11.2. The molecule has 0 aliphatic carbocycles. The minimum atomic E-state index is -0.956. The van der Waals surface area contributed by atoms with Crippen LogP contribution >= 0.6 is 0 Å². The monoisotopic (exact) mass is 266 g/mol. The fourth-order valence-corrected chi connectivity index (χ4v) is 2.62. The van der Waals surface area contributed by atoms with E-state index in [0.717, 1.165) is 21.9 Å². The topological polar surface area (TPSA) is 20.2 Å². The van der Waals surface area contributed by atoms with E-state index in [-0.39, 0.29) is 5.82 Å². The lowest BCUT2D eigenvalue weighted by atomic mass is 9.92. The van der Waals surface area contributed by atoms with Crippen LogP contribution in [0.4, 0.5) is 4.39 Å². The first-order chi connectivity index (χ1) is 9.68. The van der Waals surface area contributed by atoms with Crippen LogP contribution in [0.1, 0.15) is 22.8 Å². The van der Waals surface area contributed by atoms with E-state index in [4.69, 9.17) is 0 Å². The molecule has 0 fully saturated rings. The van der Waals surface area contributed by atoms with Gasteiger partial charge in [-0.3, -0.25) is 0 Å². The van der Waals surface area contributed by atoms with Gasteiger partial charge in [0.2, 0.25) is 0 Å². The average molecular weight is 266 g/mol. The summed E-state index contributed by atoms with van der Waals surface area (Å²) in [4.78, 5) is 0. The molecule has 20 heavy (non-hydrogen) atoms. The number of rotatable bonds is 2. The molecule has 0 heterocycles. The Balaban J connectivity index is 2.24. The Labute approximate surface area is 117 Å². The van der Waals surface area contributed by atoms with Crippen molar-refractivity contribution in [2.45, 2.75) is 13.0 Å². The molecule has 0 bridgehead atoms. The van der Waals surface area contributed by atoms with E-state index >= 15 is 0 Å². The highest BCUT2D eigenvalue weighted by Crippen LogP contribution is 2.32. The van der Waals surface area contributed by atoms with Crippen molar-refractivity contribution in [2.75, 3.05) is 0 Å². The summed E-state index contributed by atoms with van der Waals surface area (Å²) in [7, 11) is 0. The molecule has 0 saturated heterocycles. The van der Waals surface area contributed by atoms with Crippen molar-refractivity contribution in [3.05, 3.63) is 83.2 Å². The molecule has 100 valence electrons. The molecule has 3 rings (SSSR count). The lowest BCUT2D eigenvalue weighted by Crippen LogP contribution is -2.05. The van der Waals surface area contributed by atoms with Gasteiger partial charge in [-0.15, -0.1) is 0 Å². The highest BCUT2D eigenvalue weighted by atomic mass is 19.1. The minimum absolute atomic E-state index is 0.312. The Hall–Kier alpha value is -2.19. The fourth-order valence-electron chi connectivity index (χ4n) is 2.62. The first-order valence-electron chi connectivity index (χ1n) is 6.59. The molecule has 0 aliphatic heterocycles. The molecular weight excluding hydrogens is 251 g/mol. The van der Waals surface area contributed by atoms with Gasteiger partial charge in [0.05, 0.1) is 0 Å². The summed E-state index contributed by atoms with van der Waals surface area (Å²) in [6.45, 7) is 1.94. The van der Waals surface area contributed by atoms with Crippen molar-refractivity contribution in [3.63, 3.8) is 0 Å². The zero-order valence-electron chi connectivity index (χ0n) is 11.2. The van der Waals surface area contributed by atoms with E-state index in [9.17, 15) is 9.50 Å². The predicted octanol–water partition coefficient (Wildman–Crippen LogP) is 4.37.